The summed E-state index contributed by atoms with van der Waals surface area (Å²) in [5.74, 6) is 0. The predicted molar refractivity (Wildman–Crippen MR) is 115 cm³/mol. The van der Waals surface area contributed by atoms with E-state index in [-0.39, 0.29) is 6.54 Å². The lowest BCUT2D eigenvalue weighted by atomic mass is 9.77. The first kappa shape index (κ1) is 23.1. The Morgan fingerprint density at radius 1 is 1.14 bits per heavy atom. The molecule has 0 spiro atoms. The summed E-state index contributed by atoms with van der Waals surface area (Å²) < 4.78 is 17.6. The summed E-state index contributed by atoms with van der Waals surface area (Å²) >= 11 is 12.1. The maximum absolute atomic E-state index is 12.1. The molecule has 0 atom stereocenters. The Kier molecular flexibility index (Phi) is 6.81. The molecule has 0 bridgehead atoms. The highest BCUT2D eigenvalue weighted by Gasteiger charge is 2.52. The number of alkyl carbamates (subject to hydrolysis) is 1. The van der Waals surface area contributed by atoms with Crippen LogP contribution in [0.15, 0.2) is 23.7 Å². The number of hydrogen-bond donors (Lipinski definition) is 1. The molecule has 1 amide bonds. The van der Waals surface area contributed by atoms with Gasteiger partial charge in [-0.25, -0.2) is 4.79 Å². The van der Waals surface area contributed by atoms with Crippen molar-refractivity contribution in [2.45, 2.75) is 65.3 Å². The highest BCUT2D eigenvalue weighted by atomic mass is 35.5. The lowest BCUT2D eigenvalue weighted by molar-refractivity contribution is 0.00578. The van der Waals surface area contributed by atoms with Crippen LogP contribution in [-0.4, -0.2) is 36.6 Å². The van der Waals surface area contributed by atoms with E-state index in [2.05, 4.69) is 5.32 Å². The number of benzene rings is 1. The van der Waals surface area contributed by atoms with Crippen LogP contribution in [0.1, 0.15) is 54.0 Å². The van der Waals surface area contributed by atoms with Crippen molar-refractivity contribution in [3.63, 3.8) is 0 Å². The van der Waals surface area contributed by atoms with Crippen LogP contribution in [0.25, 0.3) is 6.08 Å². The molecular weight excluding hydrogens is 400 g/mol. The number of carbonyl (C=O) groups is 1. The van der Waals surface area contributed by atoms with E-state index in [1.165, 1.54) is 0 Å². The minimum Gasteiger partial charge on any atom is -0.444 e. The lowest BCUT2D eigenvalue weighted by Gasteiger charge is -2.32. The molecule has 1 aliphatic heterocycles. The third kappa shape index (κ3) is 5.90. The molecule has 0 radical (unpaired) electrons. The van der Waals surface area contributed by atoms with Crippen molar-refractivity contribution in [3.05, 3.63) is 39.3 Å². The van der Waals surface area contributed by atoms with Crippen LogP contribution in [0.5, 0.6) is 0 Å². The number of amides is 1. The Labute approximate surface area is 177 Å². The first-order valence-corrected chi connectivity index (χ1v) is 9.94. The van der Waals surface area contributed by atoms with Crippen molar-refractivity contribution in [2.24, 2.45) is 0 Å². The molecule has 0 unspecified atom stereocenters. The third-order valence-electron chi connectivity index (χ3n) is 4.69. The number of carbonyl (C=O) groups excluding carboxylic acids is 1. The van der Waals surface area contributed by atoms with Gasteiger partial charge in [-0.15, -0.1) is 0 Å². The highest BCUT2D eigenvalue weighted by molar-refractivity contribution is 6.56. The summed E-state index contributed by atoms with van der Waals surface area (Å²) in [6, 6.07) is 5.31. The maximum Gasteiger partial charge on any atom is 0.492 e. The molecule has 1 saturated heterocycles. The molecule has 2 rings (SSSR count). The predicted octanol–water partition coefficient (Wildman–Crippen LogP) is 5.53. The number of rotatable bonds is 4. The van der Waals surface area contributed by atoms with Crippen molar-refractivity contribution in [1.82, 2.24) is 5.32 Å². The molecule has 1 aliphatic rings. The average molecular weight is 428 g/mol. The van der Waals surface area contributed by atoms with E-state index >= 15 is 0 Å². The van der Waals surface area contributed by atoms with Crippen LogP contribution in [-0.2, 0) is 14.0 Å². The van der Waals surface area contributed by atoms with Crippen molar-refractivity contribution < 1.29 is 18.8 Å². The summed E-state index contributed by atoms with van der Waals surface area (Å²) in [7, 11) is -0.616. The molecule has 0 aromatic heterocycles. The van der Waals surface area contributed by atoms with Crippen molar-refractivity contribution in [3.8, 4) is 0 Å². The van der Waals surface area contributed by atoms with Gasteiger partial charge in [0.1, 0.15) is 5.60 Å². The van der Waals surface area contributed by atoms with Gasteiger partial charge in [0.15, 0.2) is 0 Å². The molecule has 1 heterocycles. The SMILES string of the molecule is CC(C)(C)OC(=O)NCC(=Cc1ccc(Cl)c(Cl)c1)B1OC(C)(C)C(C)(C)O1. The van der Waals surface area contributed by atoms with Crippen LogP contribution in [0, 0.1) is 0 Å². The molecular formula is C20H28BCl2NO4. The fourth-order valence-electron chi connectivity index (χ4n) is 2.50. The number of halogens is 2. The Hall–Kier alpha value is -1.21. The van der Waals surface area contributed by atoms with Gasteiger partial charge in [0.05, 0.1) is 21.2 Å². The zero-order valence-electron chi connectivity index (χ0n) is 17.5. The van der Waals surface area contributed by atoms with Crippen molar-refractivity contribution >= 4 is 42.5 Å². The summed E-state index contributed by atoms with van der Waals surface area (Å²) in [5, 5.41) is 3.69. The van der Waals surface area contributed by atoms with E-state index < -0.39 is 30.0 Å². The van der Waals surface area contributed by atoms with Gasteiger partial charge in [0.25, 0.3) is 0 Å². The summed E-state index contributed by atoms with van der Waals surface area (Å²) in [6.07, 6.45) is 1.37. The molecule has 5 nitrogen and oxygen atoms in total. The monoisotopic (exact) mass is 427 g/mol. The van der Waals surface area contributed by atoms with Crippen LogP contribution >= 0.6 is 23.2 Å². The van der Waals surface area contributed by atoms with Gasteiger partial charge in [-0.2, -0.15) is 0 Å². The van der Waals surface area contributed by atoms with Gasteiger partial charge in [-0.05, 0) is 71.6 Å². The second-order valence-corrected chi connectivity index (χ2v) is 9.65. The third-order valence-corrected chi connectivity index (χ3v) is 5.43. The van der Waals surface area contributed by atoms with Crippen LogP contribution in [0.3, 0.4) is 0 Å². The topological polar surface area (TPSA) is 56.8 Å². The Bertz CT molecular complexity index is 756. The zero-order chi connectivity index (χ0) is 21.3. The minimum atomic E-state index is -0.616. The van der Waals surface area contributed by atoms with E-state index in [1.807, 2.05) is 60.6 Å². The first-order valence-electron chi connectivity index (χ1n) is 9.18. The largest absolute Gasteiger partial charge is 0.492 e. The van der Waals surface area contributed by atoms with E-state index in [0.29, 0.717) is 10.0 Å². The van der Waals surface area contributed by atoms with E-state index in [0.717, 1.165) is 11.0 Å². The molecule has 1 aromatic rings. The molecule has 1 N–H and O–H groups in total. The molecule has 0 aliphatic carbocycles. The maximum atomic E-state index is 12.1. The fourth-order valence-corrected chi connectivity index (χ4v) is 2.81. The normalized spacial score (nSPS) is 18.9. The summed E-state index contributed by atoms with van der Waals surface area (Å²) in [4.78, 5) is 12.1. The second-order valence-electron chi connectivity index (χ2n) is 8.84. The molecule has 154 valence electrons. The van der Waals surface area contributed by atoms with Gasteiger partial charge in [0.2, 0.25) is 0 Å². The smallest absolute Gasteiger partial charge is 0.444 e. The highest BCUT2D eigenvalue weighted by Crippen LogP contribution is 2.39. The van der Waals surface area contributed by atoms with Crippen molar-refractivity contribution in [1.29, 1.82) is 0 Å². The van der Waals surface area contributed by atoms with E-state index in [9.17, 15) is 4.79 Å². The summed E-state index contributed by atoms with van der Waals surface area (Å²) in [5.41, 5.74) is -0.0178. The number of ether oxygens (including phenoxy) is 1. The average Bonchev–Trinajstić information content (AvgIpc) is 2.73. The van der Waals surface area contributed by atoms with Gasteiger partial charge >= 0.3 is 13.2 Å². The molecule has 1 fully saturated rings. The standard InChI is InChI=1S/C20H28BCl2NO4/c1-18(2,3)26-17(25)24-12-14(10-13-8-9-15(22)16(23)11-13)21-27-19(4,5)20(6,7)28-21/h8-11H,12H2,1-7H3,(H,24,25). The first-order chi connectivity index (χ1) is 12.7. The molecule has 1 aromatic carbocycles. The van der Waals surface area contributed by atoms with E-state index in [4.69, 9.17) is 37.2 Å². The number of nitrogens with one attached hydrogen (secondary N) is 1. The van der Waals surface area contributed by atoms with Crippen LogP contribution in [0.4, 0.5) is 4.79 Å². The Morgan fingerprint density at radius 3 is 2.21 bits per heavy atom. The van der Waals surface area contributed by atoms with E-state index in [1.54, 1.807) is 12.1 Å². The van der Waals surface area contributed by atoms with Crippen LogP contribution < -0.4 is 5.32 Å². The molecule has 8 heteroatoms. The second kappa shape index (κ2) is 8.27. The Morgan fingerprint density at radius 2 is 1.71 bits per heavy atom. The Balaban J connectivity index is 2.27. The minimum absolute atomic E-state index is 0.200. The molecule has 0 saturated carbocycles. The fraction of sp³-hybridized carbons (Fsp3) is 0.550. The van der Waals surface area contributed by atoms with Gasteiger partial charge in [0, 0.05) is 6.54 Å². The van der Waals surface area contributed by atoms with Gasteiger partial charge < -0.3 is 19.4 Å². The van der Waals surface area contributed by atoms with Crippen molar-refractivity contribution in [2.75, 3.05) is 6.54 Å². The van der Waals surface area contributed by atoms with Crippen LogP contribution in [0.2, 0.25) is 10.0 Å². The molecule has 28 heavy (non-hydrogen) atoms. The quantitative estimate of drug-likeness (QED) is 0.641. The number of hydrogen-bond acceptors (Lipinski definition) is 4. The lowest BCUT2D eigenvalue weighted by Crippen LogP contribution is -2.41. The van der Waals surface area contributed by atoms with Gasteiger partial charge in [-0.1, -0.05) is 35.3 Å². The van der Waals surface area contributed by atoms with Gasteiger partial charge in [-0.3, -0.25) is 0 Å². The zero-order valence-corrected chi connectivity index (χ0v) is 19.0. The summed E-state index contributed by atoms with van der Waals surface area (Å²) in [6.45, 7) is 13.5.